The number of thiophene rings is 1. The lowest BCUT2D eigenvalue weighted by Crippen LogP contribution is -2.32. The summed E-state index contributed by atoms with van der Waals surface area (Å²) >= 11 is 7.88. The second-order valence-electron chi connectivity index (χ2n) is 5.72. The fourth-order valence-corrected chi connectivity index (χ4v) is 3.94. The average Bonchev–Trinajstić information content (AvgIpc) is 3.12. The molecule has 0 bridgehead atoms. The molecule has 1 atom stereocenters. The maximum absolute atomic E-state index is 12.3. The van der Waals surface area contributed by atoms with Gasteiger partial charge in [0, 0.05) is 6.04 Å². The van der Waals surface area contributed by atoms with Gasteiger partial charge in [-0.25, -0.2) is 0 Å². The summed E-state index contributed by atoms with van der Waals surface area (Å²) in [7, 11) is 0. The van der Waals surface area contributed by atoms with Crippen LogP contribution in [0, 0.1) is 6.92 Å². The van der Waals surface area contributed by atoms with Crippen molar-refractivity contribution in [2.75, 3.05) is 18.4 Å². The van der Waals surface area contributed by atoms with E-state index in [4.69, 9.17) is 11.6 Å². The van der Waals surface area contributed by atoms with Crippen LogP contribution in [-0.2, 0) is 4.79 Å². The SMILES string of the molecule is Cc1ccc(NC(=O)CN2CCC[C@H]2c2ccsc2)c(Cl)c1. The summed E-state index contributed by atoms with van der Waals surface area (Å²) in [6, 6.07) is 8.19. The van der Waals surface area contributed by atoms with E-state index in [0.717, 1.165) is 24.9 Å². The molecule has 2 aromatic rings. The van der Waals surface area contributed by atoms with Gasteiger partial charge in [0.2, 0.25) is 5.91 Å². The van der Waals surface area contributed by atoms with E-state index in [1.54, 1.807) is 11.3 Å². The summed E-state index contributed by atoms with van der Waals surface area (Å²) in [5, 5.41) is 7.78. The second kappa shape index (κ2) is 6.82. The van der Waals surface area contributed by atoms with Crippen molar-refractivity contribution in [3.63, 3.8) is 0 Å². The van der Waals surface area contributed by atoms with Crippen LogP contribution in [0.25, 0.3) is 0 Å². The van der Waals surface area contributed by atoms with Crippen molar-refractivity contribution in [1.82, 2.24) is 4.90 Å². The number of carbonyl (C=O) groups excluding carboxylic acids is 1. The highest BCUT2D eigenvalue weighted by molar-refractivity contribution is 7.07. The van der Waals surface area contributed by atoms with E-state index in [2.05, 4.69) is 27.0 Å². The summed E-state index contributed by atoms with van der Waals surface area (Å²) in [6.45, 7) is 3.35. The van der Waals surface area contributed by atoms with Crippen molar-refractivity contribution in [3.8, 4) is 0 Å². The summed E-state index contributed by atoms with van der Waals surface area (Å²) in [5.74, 6) is -0.00659. The number of aryl methyl sites for hydroxylation is 1. The van der Waals surface area contributed by atoms with Crippen LogP contribution in [0.3, 0.4) is 0 Å². The molecule has 0 saturated carbocycles. The zero-order valence-corrected chi connectivity index (χ0v) is 14.1. The topological polar surface area (TPSA) is 32.3 Å². The first-order chi connectivity index (χ1) is 10.6. The molecule has 0 radical (unpaired) electrons. The fraction of sp³-hybridized carbons (Fsp3) is 0.353. The standard InChI is InChI=1S/C17H19ClN2OS/c1-12-4-5-15(14(18)9-12)19-17(21)10-20-7-2-3-16(20)13-6-8-22-11-13/h4-6,8-9,11,16H,2-3,7,10H2,1H3,(H,19,21)/t16-/m0/s1. The molecule has 1 fully saturated rings. The normalized spacial score (nSPS) is 18.5. The molecular weight excluding hydrogens is 316 g/mol. The van der Waals surface area contributed by atoms with Crippen LogP contribution >= 0.6 is 22.9 Å². The minimum absolute atomic E-state index is 0.00659. The largest absolute Gasteiger partial charge is 0.324 e. The first kappa shape index (κ1) is 15.5. The zero-order valence-electron chi connectivity index (χ0n) is 12.5. The minimum atomic E-state index is -0.00659. The Bertz CT molecular complexity index is 657. The van der Waals surface area contributed by atoms with Gasteiger partial charge in [0.05, 0.1) is 17.3 Å². The molecule has 0 spiro atoms. The molecule has 116 valence electrons. The van der Waals surface area contributed by atoms with Crippen molar-refractivity contribution in [2.24, 2.45) is 0 Å². The Morgan fingerprint density at radius 3 is 3.05 bits per heavy atom. The molecular formula is C17H19ClN2OS. The van der Waals surface area contributed by atoms with Crippen LogP contribution in [0.15, 0.2) is 35.0 Å². The number of carbonyl (C=O) groups is 1. The van der Waals surface area contributed by atoms with Gasteiger partial charge >= 0.3 is 0 Å². The Kier molecular flexibility index (Phi) is 4.81. The number of nitrogens with zero attached hydrogens (tertiary/aromatic N) is 1. The number of likely N-dealkylation sites (tertiary alicyclic amines) is 1. The number of nitrogens with one attached hydrogen (secondary N) is 1. The molecule has 1 aromatic heterocycles. The molecule has 3 rings (SSSR count). The van der Waals surface area contributed by atoms with E-state index in [-0.39, 0.29) is 5.91 Å². The molecule has 1 aromatic carbocycles. The van der Waals surface area contributed by atoms with E-state index >= 15 is 0 Å². The molecule has 1 saturated heterocycles. The van der Waals surface area contributed by atoms with Crippen molar-refractivity contribution in [2.45, 2.75) is 25.8 Å². The number of halogens is 1. The third-order valence-electron chi connectivity index (χ3n) is 4.04. The average molecular weight is 335 g/mol. The van der Waals surface area contributed by atoms with Gasteiger partial charge in [0.25, 0.3) is 0 Å². The predicted octanol–water partition coefficient (Wildman–Crippen LogP) is 4.49. The Morgan fingerprint density at radius 2 is 2.32 bits per heavy atom. The van der Waals surface area contributed by atoms with Gasteiger partial charge in [0.15, 0.2) is 0 Å². The van der Waals surface area contributed by atoms with Crippen LogP contribution in [-0.4, -0.2) is 23.9 Å². The molecule has 1 aliphatic heterocycles. The van der Waals surface area contributed by atoms with Gasteiger partial charge in [-0.15, -0.1) is 0 Å². The number of amides is 1. The molecule has 22 heavy (non-hydrogen) atoms. The lowest BCUT2D eigenvalue weighted by Gasteiger charge is -2.23. The third kappa shape index (κ3) is 3.51. The van der Waals surface area contributed by atoms with Crippen LogP contribution in [0.1, 0.15) is 30.0 Å². The third-order valence-corrected chi connectivity index (χ3v) is 5.05. The van der Waals surface area contributed by atoms with Crippen LogP contribution in [0.2, 0.25) is 5.02 Å². The van der Waals surface area contributed by atoms with Crippen molar-refractivity contribution in [3.05, 3.63) is 51.2 Å². The molecule has 1 aliphatic rings. The first-order valence-corrected chi connectivity index (χ1v) is 8.78. The Labute approximate surface area is 139 Å². The van der Waals surface area contributed by atoms with Crippen molar-refractivity contribution in [1.29, 1.82) is 0 Å². The van der Waals surface area contributed by atoms with Gasteiger partial charge in [-0.1, -0.05) is 17.7 Å². The second-order valence-corrected chi connectivity index (χ2v) is 6.90. The van der Waals surface area contributed by atoms with Crippen LogP contribution in [0.5, 0.6) is 0 Å². The summed E-state index contributed by atoms with van der Waals surface area (Å²) < 4.78 is 0. The Morgan fingerprint density at radius 1 is 1.45 bits per heavy atom. The first-order valence-electron chi connectivity index (χ1n) is 7.45. The van der Waals surface area contributed by atoms with Crippen LogP contribution < -0.4 is 5.32 Å². The minimum Gasteiger partial charge on any atom is -0.324 e. The highest BCUT2D eigenvalue weighted by atomic mass is 35.5. The van der Waals surface area contributed by atoms with Crippen molar-refractivity contribution >= 4 is 34.5 Å². The van der Waals surface area contributed by atoms with Gasteiger partial charge in [-0.3, -0.25) is 9.69 Å². The molecule has 5 heteroatoms. The summed E-state index contributed by atoms with van der Waals surface area (Å²) in [5.41, 5.74) is 3.09. The number of hydrogen-bond donors (Lipinski definition) is 1. The number of hydrogen-bond acceptors (Lipinski definition) is 3. The molecule has 0 unspecified atom stereocenters. The van der Waals surface area contributed by atoms with E-state index < -0.39 is 0 Å². The fourth-order valence-electron chi connectivity index (χ4n) is 2.95. The molecule has 1 N–H and O–H groups in total. The molecule has 2 heterocycles. The summed E-state index contributed by atoms with van der Waals surface area (Å²) in [4.78, 5) is 14.6. The lowest BCUT2D eigenvalue weighted by molar-refractivity contribution is -0.117. The Balaban J connectivity index is 1.64. The van der Waals surface area contributed by atoms with Gasteiger partial charge in [-0.2, -0.15) is 11.3 Å². The van der Waals surface area contributed by atoms with E-state index in [9.17, 15) is 4.79 Å². The lowest BCUT2D eigenvalue weighted by atomic mass is 10.1. The zero-order chi connectivity index (χ0) is 15.5. The van der Waals surface area contributed by atoms with Crippen LogP contribution in [0.4, 0.5) is 5.69 Å². The van der Waals surface area contributed by atoms with E-state index in [1.165, 1.54) is 5.56 Å². The number of rotatable bonds is 4. The highest BCUT2D eigenvalue weighted by Crippen LogP contribution is 2.32. The monoisotopic (exact) mass is 334 g/mol. The van der Waals surface area contributed by atoms with Crippen molar-refractivity contribution < 1.29 is 4.79 Å². The maximum Gasteiger partial charge on any atom is 0.238 e. The van der Waals surface area contributed by atoms with Gasteiger partial charge < -0.3 is 5.32 Å². The van der Waals surface area contributed by atoms with Gasteiger partial charge in [0.1, 0.15) is 0 Å². The van der Waals surface area contributed by atoms with E-state index in [1.807, 2.05) is 25.1 Å². The molecule has 1 amide bonds. The van der Waals surface area contributed by atoms with Gasteiger partial charge in [-0.05, 0) is 66.4 Å². The quantitative estimate of drug-likeness (QED) is 0.893. The van der Waals surface area contributed by atoms with E-state index in [0.29, 0.717) is 23.3 Å². The molecule has 0 aliphatic carbocycles. The maximum atomic E-state index is 12.3. The smallest absolute Gasteiger partial charge is 0.238 e. The Hall–Kier alpha value is -1.36. The highest BCUT2D eigenvalue weighted by Gasteiger charge is 2.27. The number of anilines is 1. The number of benzene rings is 1. The molecule has 3 nitrogen and oxygen atoms in total. The predicted molar refractivity (Wildman–Crippen MR) is 92.7 cm³/mol. The summed E-state index contributed by atoms with van der Waals surface area (Å²) in [6.07, 6.45) is 2.26.